The lowest BCUT2D eigenvalue weighted by atomic mass is 10.1. The van der Waals surface area contributed by atoms with E-state index in [1.54, 1.807) is 12.1 Å². The number of hydrogen-bond donors (Lipinski definition) is 0. The minimum Gasteiger partial charge on any atom is -0.211 e. The van der Waals surface area contributed by atoms with E-state index in [2.05, 4.69) is 13.7 Å². The van der Waals surface area contributed by atoms with Gasteiger partial charge in [-0.25, -0.2) is 18.2 Å². The standard InChI is InChI=1S/C12H12N4O3S2/c17-8-13-9-3-2-6-16(7-9)21(18,19)11-5-1-4-10-12(11)15-20-14-10/h1,4-5,9H,2-3,6-7H2. The third-order valence-electron chi connectivity index (χ3n) is 3.46. The summed E-state index contributed by atoms with van der Waals surface area (Å²) < 4.78 is 35.0. The van der Waals surface area contributed by atoms with Gasteiger partial charge in [0.2, 0.25) is 16.1 Å². The van der Waals surface area contributed by atoms with Gasteiger partial charge >= 0.3 is 0 Å². The first-order valence-electron chi connectivity index (χ1n) is 6.41. The number of isocyanates is 1. The summed E-state index contributed by atoms with van der Waals surface area (Å²) in [6.45, 7) is 0.618. The van der Waals surface area contributed by atoms with Crippen molar-refractivity contribution in [2.24, 2.45) is 4.99 Å². The Morgan fingerprint density at radius 3 is 3.05 bits per heavy atom. The molecule has 2 heterocycles. The van der Waals surface area contributed by atoms with Gasteiger partial charge in [-0.3, -0.25) is 0 Å². The van der Waals surface area contributed by atoms with Gasteiger partial charge < -0.3 is 0 Å². The van der Waals surface area contributed by atoms with Crippen LogP contribution < -0.4 is 0 Å². The highest BCUT2D eigenvalue weighted by Crippen LogP contribution is 2.26. The van der Waals surface area contributed by atoms with E-state index in [0.29, 0.717) is 30.4 Å². The van der Waals surface area contributed by atoms with E-state index >= 15 is 0 Å². The number of hydrogen-bond acceptors (Lipinski definition) is 7. The summed E-state index contributed by atoms with van der Waals surface area (Å²) in [4.78, 5) is 14.2. The van der Waals surface area contributed by atoms with Crippen molar-refractivity contribution in [1.82, 2.24) is 13.1 Å². The molecule has 1 aliphatic rings. The summed E-state index contributed by atoms with van der Waals surface area (Å²) in [5.41, 5.74) is 0.962. The molecule has 0 bridgehead atoms. The fourth-order valence-electron chi connectivity index (χ4n) is 2.45. The number of fused-ring (bicyclic) bond motifs is 1. The Balaban J connectivity index is 2.00. The largest absolute Gasteiger partial charge is 0.245 e. The minimum absolute atomic E-state index is 0.157. The quantitative estimate of drug-likeness (QED) is 0.624. The number of nitrogens with zero attached hydrogens (tertiary/aromatic N) is 4. The second-order valence-electron chi connectivity index (χ2n) is 4.77. The van der Waals surface area contributed by atoms with Crippen LogP contribution in [0, 0.1) is 0 Å². The van der Waals surface area contributed by atoms with E-state index in [1.807, 2.05) is 0 Å². The maximum absolute atomic E-state index is 12.8. The van der Waals surface area contributed by atoms with Crippen LogP contribution in [0.25, 0.3) is 11.0 Å². The zero-order chi connectivity index (χ0) is 14.9. The second kappa shape index (κ2) is 5.61. The van der Waals surface area contributed by atoms with Crippen molar-refractivity contribution in [3.63, 3.8) is 0 Å². The number of piperidine rings is 1. The molecule has 3 rings (SSSR count). The van der Waals surface area contributed by atoms with E-state index < -0.39 is 10.0 Å². The van der Waals surface area contributed by atoms with E-state index in [0.717, 1.165) is 11.7 Å². The molecule has 1 aromatic heterocycles. The van der Waals surface area contributed by atoms with Gasteiger partial charge in [0.25, 0.3) is 0 Å². The van der Waals surface area contributed by atoms with Crippen LogP contribution in [0.15, 0.2) is 28.1 Å². The van der Waals surface area contributed by atoms with Gasteiger partial charge in [0.1, 0.15) is 15.9 Å². The van der Waals surface area contributed by atoms with Gasteiger partial charge in [0, 0.05) is 13.1 Å². The van der Waals surface area contributed by atoms with Crippen molar-refractivity contribution in [2.75, 3.05) is 13.1 Å². The molecule has 1 aliphatic heterocycles. The van der Waals surface area contributed by atoms with Crippen molar-refractivity contribution < 1.29 is 13.2 Å². The SMILES string of the molecule is O=C=NC1CCCN(S(=O)(=O)c2cccc3nsnc23)C1. The molecule has 1 atom stereocenters. The van der Waals surface area contributed by atoms with E-state index in [-0.39, 0.29) is 17.5 Å². The maximum Gasteiger partial charge on any atom is 0.245 e. The number of carbonyl (C=O) groups excluding carboxylic acids is 1. The zero-order valence-electron chi connectivity index (χ0n) is 11.0. The molecule has 0 radical (unpaired) electrons. The molecule has 1 aromatic carbocycles. The molecule has 2 aromatic rings. The minimum atomic E-state index is -3.66. The van der Waals surface area contributed by atoms with E-state index in [4.69, 9.17) is 0 Å². The van der Waals surface area contributed by atoms with Crippen molar-refractivity contribution in [2.45, 2.75) is 23.8 Å². The first-order chi connectivity index (χ1) is 10.1. The lowest BCUT2D eigenvalue weighted by Crippen LogP contribution is -2.41. The molecule has 0 saturated carbocycles. The molecule has 1 fully saturated rings. The van der Waals surface area contributed by atoms with Crippen LogP contribution in [0.4, 0.5) is 0 Å². The molecule has 110 valence electrons. The smallest absolute Gasteiger partial charge is 0.211 e. The molecule has 21 heavy (non-hydrogen) atoms. The molecule has 9 heteroatoms. The van der Waals surface area contributed by atoms with Crippen LogP contribution >= 0.6 is 11.7 Å². The van der Waals surface area contributed by atoms with Gasteiger partial charge in [-0.1, -0.05) is 6.07 Å². The topological polar surface area (TPSA) is 92.6 Å². The van der Waals surface area contributed by atoms with Crippen molar-refractivity contribution in [3.05, 3.63) is 18.2 Å². The number of sulfonamides is 1. The number of benzene rings is 1. The second-order valence-corrected chi connectivity index (χ2v) is 7.20. The van der Waals surface area contributed by atoms with Gasteiger partial charge in [0.15, 0.2) is 0 Å². The van der Waals surface area contributed by atoms with E-state index in [1.165, 1.54) is 16.5 Å². The molecule has 1 saturated heterocycles. The number of aliphatic imine (C=N–C) groups is 1. The zero-order valence-corrected chi connectivity index (χ0v) is 12.6. The average Bonchev–Trinajstić information content (AvgIpc) is 2.96. The molecule has 7 nitrogen and oxygen atoms in total. The highest BCUT2D eigenvalue weighted by Gasteiger charge is 2.32. The third kappa shape index (κ3) is 2.60. The van der Waals surface area contributed by atoms with Crippen LogP contribution in [0.3, 0.4) is 0 Å². The van der Waals surface area contributed by atoms with Crippen molar-refractivity contribution >= 4 is 38.9 Å². The number of rotatable bonds is 3. The lowest BCUT2D eigenvalue weighted by molar-refractivity contribution is 0.317. The fraction of sp³-hybridized carbons (Fsp3) is 0.417. The van der Waals surface area contributed by atoms with Crippen LogP contribution in [0.1, 0.15) is 12.8 Å². The molecular formula is C12H12N4O3S2. The summed E-state index contributed by atoms with van der Waals surface area (Å²) in [5, 5.41) is 0. The van der Waals surface area contributed by atoms with Gasteiger partial charge in [-0.2, -0.15) is 13.1 Å². The average molecular weight is 324 g/mol. The monoisotopic (exact) mass is 324 g/mol. The molecule has 0 amide bonds. The third-order valence-corrected chi connectivity index (χ3v) is 5.90. The predicted octanol–water partition coefficient (Wildman–Crippen LogP) is 1.18. The van der Waals surface area contributed by atoms with Crippen LogP contribution in [-0.2, 0) is 14.8 Å². The van der Waals surface area contributed by atoms with Crippen molar-refractivity contribution in [1.29, 1.82) is 0 Å². The molecular weight excluding hydrogens is 312 g/mol. The number of aromatic nitrogens is 2. The van der Waals surface area contributed by atoms with Crippen LogP contribution in [-0.4, -0.2) is 46.7 Å². The highest BCUT2D eigenvalue weighted by atomic mass is 32.2. The maximum atomic E-state index is 12.8. The Hall–Kier alpha value is -1.67. The first kappa shape index (κ1) is 14.3. The Labute approximate surface area is 125 Å². The Morgan fingerprint density at radius 2 is 2.24 bits per heavy atom. The fourth-order valence-corrected chi connectivity index (χ4v) is 4.72. The van der Waals surface area contributed by atoms with E-state index in [9.17, 15) is 13.2 Å². The van der Waals surface area contributed by atoms with Gasteiger partial charge in [-0.05, 0) is 25.0 Å². The summed E-state index contributed by atoms with van der Waals surface area (Å²) in [5.74, 6) is 0. The molecule has 1 unspecified atom stereocenters. The Kier molecular flexibility index (Phi) is 3.81. The highest BCUT2D eigenvalue weighted by molar-refractivity contribution is 7.89. The van der Waals surface area contributed by atoms with Gasteiger partial charge in [0.05, 0.1) is 17.8 Å². The van der Waals surface area contributed by atoms with Crippen molar-refractivity contribution in [3.8, 4) is 0 Å². The van der Waals surface area contributed by atoms with Gasteiger partial charge in [-0.15, -0.1) is 0 Å². The summed E-state index contributed by atoms with van der Waals surface area (Å²) in [6.07, 6.45) is 2.87. The normalized spacial score (nSPS) is 20.3. The molecule has 0 N–H and O–H groups in total. The summed E-state index contributed by atoms with van der Waals surface area (Å²) >= 11 is 0.986. The lowest BCUT2D eigenvalue weighted by Gasteiger charge is -2.29. The first-order valence-corrected chi connectivity index (χ1v) is 8.58. The summed E-state index contributed by atoms with van der Waals surface area (Å²) in [7, 11) is -3.66. The van der Waals surface area contributed by atoms with Crippen LogP contribution in [0.2, 0.25) is 0 Å². The molecule has 0 aliphatic carbocycles. The predicted molar refractivity (Wildman–Crippen MR) is 77.3 cm³/mol. The summed E-state index contributed by atoms with van der Waals surface area (Å²) in [6, 6.07) is 4.60. The van der Waals surface area contributed by atoms with Crippen LogP contribution in [0.5, 0.6) is 0 Å². The Bertz CT molecular complexity index is 811. The molecule has 0 spiro atoms. The Morgan fingerprint density at radius 1 is 1.38 bits per heavy atom.